The molecule has 1 aliphatic carbocycles. The van der Waals surface area contributed by atoms with Crippen LogP contribution in [0.25, 0.3) is 0 Å². The third-order valence-corrected chi connectivity index (χ3v) is 3.71. The van der Waals surface area contributed by atoms with Crippen molar-refractivity contribution in [2.24, 2.45) is 10.7 Å². The molecule has 0 bridgehead atoms. The Balaban J connectivity index is 2.57. The molecular weight excluding hydrogens is 250 g/mol. The van der Waals surface area contributed by atoms with Gasteiger partial charge in [0.1, 0.15) is 6.10 Å². The van der Waals surface area contributed by atoms with E-state index < -0.39 is 11.4 Å². The van der Waals surface area contributed by atoms with E-state index in [2.05, 4.69) is 5.28 Å². The summed E-state index contributed by atoms with van der Waals surface area (Å²) in [5.41, 5.74) is -1.14. The molecule has 0 saturated heterocycles. The molecule has 0 aromatic carbocycles. The standard InChI is InChI=1S/C12H23N3O4/c1-11(2,3)14(5)15(18)13-19-9-6-7-12(4,8-9)10(16)17/h9H,6-8H2,1-5H3,(H,16,17)/b15-13+/t9-,12+/m1/s1. The molecule has 0 unspecified atom stereocenters. The highest BCUT2D eigenvalue weighted by molar-refractivity contribution is 5.74. The lowest BCUT2D eigenvalue weighted by atomic mass is 9.89. The van der Waals surface area contributed by atoms with Crippen molar-refractivity contribution in [1.29, 1.82) is 0 Å². The summed E-state index contributed by atoms with van der Waals surface area (Å²) in [5.74, 6) is -0.829. The van der Waals surface area contributed by atoms with Gasteiger partial charge in [0.15, 0.2) is 0 Å². The summed E-state index contributed by atoms with van der Waals surface area (Å²) in [6, 6.07) is 0. The molecule has 7 heteroatoms. The Morgan fingerprint density at radius 3 is 2.58 bits per heavy atom. The number of aliphatic carboxylic acids is 1. The van der Waals surface area contributed by atoms with Crippen molar-refractivity contribution in [3.63, 3.8) is 0 Å². The van der Waals surface area contributed by atoms with Crippen LogP contribution >= 0.6 is 0 Å². The number of nitrogens with zero attached hydrogens (tertiary/aromatic N) is 3. The molecule has 0 aromatic heterocycles. The van der Waals surface area contributed by atoms with Gasteiger partial charge in [-0.2, -0.15) is 0 Å². The largest absolute Gasteiger partial charge is 0.569 e. The van der Waals surface area contributed by atoms with E-state index in [1.54, 1.807) is 14.0 Å². The average Bonchev–Trinajstić information content (AvgIpc) is 2.67. The average molecular weight is 273 g/mol. The van der Waals surface area contributed by atoms with Gasteiger partial charge in [-0.25, -0.2) is 0 Å². The predicted octanol–water partition coefficient (Wildman–Crippen LogP) is 2.17. The topological polar surface area (TPSA) is 88.2 Å². The fraction of sp³-hybridized carbons (Fsp3) is 0.917. The highest BCUT2D eigenvalue weighted by Crippen LogP contribution is 2.39. The zero-order valence-electron chi connectivity index (χ0n) is 12.2. The summed E-state index contributed by atoms with van der Waals surface area (Å²) in [6.45, 7) is 7.33. The van der Waals surface area contributed by atoms with E-state index in [0.29, 0.717) is 24.2 Å². The van der Waals surface area contributed by atoms with E-state index in [4.69, 9.17) is 9.94 Å². The lowest BCUT2D eigenvalue weighted by Crippen LogP contribution is -2.42. The van der Waals surface area contributed by atoms with Gasteiger partial charge < -0.3 is 15.2 Å². The molecule has 110 valence electrons. The SMILES string of the molecule is CN(/[N+]([O-])=N\O[C@@H]1CC[C@](C)(C(=O)O)C1)C(C)(C)C. The van der Waals surface area contributed by atoms with E-state index in [-0.39, 0.29) is 11.6 Å². The normalized spacial score (nSPS) is 28.3. The van der Waals surface area contributed by atoms with E-state index >= 15 is 0 Å². The zero-order chi connectivity index (χ0) is 14.8. The highest BCUT2D eigenvalue weighted by Gasteiger charge is 2.43. The molecule has 1 fully saturated rings. The monoisotopic (exact) mass is 273 g/mol. The Kier molecular flexibility index (Phi) is 4.27. The summed E-state index contributed by atoms with van der Waals surface area (Å²) in [7, 11) is 1.62. The second-order valence-electron chi connectivity index (χ2n) is 6.36. The van der Waals surface area contributed by atoms with Gasteiger partial charge in [0.25, 0.3) is 0 Å². The van der Waals surface area contributed by atoms with Crippen LogP contribution in [0.3, 0.4) is 0 Å². The summed E-state index contributed by atoms with van der Waals surface area (Å²) >= 11 is 0. The first-order chi connectivity index (χ1) is 8.56. The third kappa shape index (κ3) is 3.71. The van der Waals surface area contributed by atoms with E-state index in [9.17, 15) is 10.0 Å². The van der Waals surface area contributed by atoms with Crippen molar-refractivity contribution in [1.82, 2.24) is 5.01 Å². The fourth-order valence-electron chi connectivity index (χ4n) is 1.89. The lowest BCUT2D eigenvalue weighted by Gasteiger charge is -2.26. The number of carboxylic acids is 1. The summed E-state index contributed by atoms with van der Waals surface area (Å²) in [4.78, 5) is 16.6. The number of carbonyl (C=O) groups is 1. The van der Waals surface area contributed by atoms with Crippen LogP contribution in [0.15, 0.2) is 5.28 Å². The fourth-order valence-corrected chi connectivity index (χ4v) is 1.89. The summed E-state index contributed by atoms with van der Waals surface area (Å²) in [6.07, 6.45) is 1.19. The Morgan fingerprint density at radius 1 is 1.58 bits per heavy atom. The Hall–Kier alpha value is -1.53. The lowest BCUT2D eigenvalue weighted by molar-refractivity contribution is -0.720. The molecule has 1 N–H and O–H groups in total. The van der Waals surface area contributed by atoms with Gasteiger partial charge in [-0.05, 0) is 40.5 Å². The maximum absolute atomic E-state index is 11.7. The predicted molar refractivity (Wildman–Crippen MR) is 68.0 cm³/mol. The second kappa shape index (κ2) is 5.22. The van der Waals surface area contributed by atoms with Crippen molar-refractivity contribution in [3.05, 3.63) is 5.21 Å². The molecule has 1 saturated carbocycles. The number of carboxylic acid groups (broad SMARTS) is 1. The molecule has 0 spiro atoms. The Bertz CT molecular complexity index is 378. The minimum atomic E-state index is -0.829. The molecule has 1 aliphatic rings. The first-order valence-corrected chi connectivity index (χ1v) is 6.37. The zero-order valence-corrected chi connectivity index (χ0v) is 12.2. The number of hydrazine groups is 1. The summed E-state index contributed by atoms with van der Waals surface area (Å²) < 4.78 is 0. The highest BCUT2D eigenvalue weighted by atomic mass is 16.7. The molecule has 0 aliphatic heterocycles. The molecule has 0 amide bonds. The van der Waals surface area contributed by atoms with Crippen molar-refractivity contribution in [2.45, 2.75) is 58.6 Å². The molecule has 0 aromatic rings. The minimum absolute atomic E-state index is 0.314. The Labute approximate surface area is 113 Å². The molecule has 0 heterocycles. The van der Waals surface area contributed by atoms with E-state index in [1.807, 2.05) is 20.8 Å². The van der Waals surface area contributed by atoms with E-state index in [1.165, 1.54) is 5.01 Å². The Morgan fingerprint density at radius 2 is 2.16 bits per heavy atom. The van der Waals surface area contributed by atoms with Gasteiger partial charge in [-0.3, -0.25) is 4.79 Å². The van der Waals surface area contributed by atoms with Crippen LogP contribution in [-0.4, -0.2) is 39.7 Å². The second-order valence-corrected chi connectivity index (χ2v) is 6.36. The smallest absolute Gasteiger partial charge is 0.309 e. The van der Waals surface area contributed by atoms with Crippen LogP contribution < -0.4 is 0 Å². The van der Waals surface area contributed by atoms with Crippen LogP contribution in [0.5, 0.6) is 0 Å². The number of rotatable bonds is 4. The molecule has 0 radical (unpaired) electrons. The molecule has 1 rings (SSSR count). The summed E-state index contributed by atoms with van der Waals surface area (Å²) in [5, 5.41) is 25.7. The molecular formula is C12H23N3O4. The van der Waals surface area contributed by atoms with Gasteiger partial charge in [-0.1, -0.05) is 0 Å². The minimum Gasteiger partial charge on any atom is -0.569 e. The first kappa shape index (κ1) is 15.5. The van der Waals surface area contributed by atoms with Crippen molar-refractivity contribution in [2.75, 3.05) is 7.05 Å². The quantitative estimate of drug-likeness (QED) is 0.482. The van der Waals surface area contributed by atoms with Crippen molar-refractivity contribution in [3.8, 4) is 0 Å². The van der Waals surface area contributed by atoms with Crippen molar-refractivity contribution < 1.29 is 19.7 Å². The molecule has 7 nitrogen and oxygen atoms in total. The number of hydrogen-bond donors (Lipinski definition) is 1. The maximum Gasteiger partial charge on any atom is 0.309 e. The van der Waals surface area contributed by atoms with Crippen LogP contribution in [0.4, 0.5) is 0 Å². The molecule has 2 atom stereocenters. The number of hydrogen-bond acceptors (Lipinski definition) is 4. The van der Waals surface area contributed by atoms with E-state index in [0.717, 1.165) is 0 Å². The maximum atomic E-state index is 11.7. The van der Waals surface area contributed by atoms with Crippen LogP contribution in [-0.2, 0) is 9.63 Å². The van der Waals surface area contributed by atoms with Crippen molar-refractivity contribution >= 4 is 5.97 Å². The van der Waals surface area contributed by atoms with Crippen LogP contribution in [0, 0.1) is 10.6 Å². The van der Waals surface area contributed by atoms with Gasteiger partial charge in [0.2, 0.25) is 5.28 Å². The first-order valence-electron chi connectivity index (χ1n) is 6.37. The van der Waals surface area contributed by atoms with Crippen LogP contribution in [0.1, 0.15) is 47.0 Å². The molecule has 19 heavy (non-hydrogen) atoms. The van der Waals surface area contributed by atoms with Gasteiger partial charge in [0.05, 0.1) is 23.0 Å². The van der Waals surface area contributed by atoms with Gasteiger partial charge >= 0.3 is 5.97 Å². The third-order valence-electron chi connectivity index (χ3n) is 3.71. The van der Waals surface area contributed by atoms with Gasteiger partial charge in [-0.15, -0.1) is 5.01 Å². The van der Waals surface area contributed by atoms with Gasteiger partial charge in [0, 0.05) is 6.42 Å². The van der Waals surface area contributed by atoms with Crippen LogP contribution in [0.2, 0.25) is 0 Å².